The van der Waals surface area contributed by atoms with Gasteiger partial charge < -0.3 is 64.9 Å². The molecule has 28 nitrogen and oxygen atoms in total. The number of hydrogen-bond donors (Lipinski definition) is 8. The third-order valence-electron chi connectivity index (χ3n) is 16.5. The Kier molecular flexibility index (Phi) is 25.2. The minimum absolute atomic E-state index is 0.00195. The Morgan fingerprint density at radius 3 is 1.30 bits per heavy atom. The maximum Gasteiger partial charge on any atom is 0.490 e. The third-order valence-corrected chi connectivity index (χ3v) is 18.6. The van der Waals surface area contributed by atoms with E-state index in [1.54, 1.807) is 120 Å². The lowest BCUT2D eigenvalue weighted by atomic mass is 9.80. The predicted octanol–water partition coefficient (Wildman–Crippen LogP) is 12.2. The molecule has 546 valence electrons. The van der Waals surface area contributed by atoms with E-state index < -0.39 is 7.12 Å². The normalized spacial score (nSPS) is 12.6. The number of halogens is 7. The van der Waals surface area contributed by atoms with Gasteiger partial charge in [-0.2, -0.15) is 19.9 Å². The highest BCUT2D eigenvalue weighted by atomic mass is 35.5. The van der Waals surface area contributed by atoms with Gasteiger partial charge in [0, 0.05) is 69.2 Å². The van der Waals surface area contributed by atoms with Crippen LogP contribution in [-0.4, -0.2) is 183 Å². The molecule has 16 rings (SSSR count). The summed E-state index contributed by atoms with van der Waals surface area (Å²) in [6, 6.07) is 35.0. The van der Waals surface area contributed by atoms with E-state index in [0.717, 1.165) is 86.3 Å². The second kappa shape index (κ2) is 34.7. The summed E-state index contributed by atoms with van der Waals surface area (Å²) >= 11 is 41.9. The van der Waals surface area contributed by atoms with Gasteiger partial charge >= 0.3 is 7.12 Å². The largest absolute Gasteiger partial charge is 0.508 e. The van der Waals surface area contributed by atoms with Gasteiger partial charge in [0.1, 0.15) is 90.6 Å². The topological polar surface area (TPSA) is 347 Å². The maximum atomic E-state index is 9.99. The van der Waals surface area contributed by atoms with Crippen molar-refractivity contribution in [3.05, 3.63) is 205 Å². The average molecular weight is 1570 g/mol. The molecule has 2 fully saturated rings. The molecule has 10 heterocycles. The summed E-state index contributed by atoms with van der Waals surface area (Å²) in [5.41, 5.74) is 12.7. The number of nitrogens with one attached hydrogen (secondary N) is 2. The van der Waals surface area contributed by atoms with Crippen molar-refractivity contribution in [2.45, 2.75) is 27.7 Å². The predicted molar refractivity (Wildman–Crippen MR) is 414 cm³/mol. The number of methoxy groups -OCH3 is 2. The number of aryl methyl sites for hydroxylation is 4. The molecule has 0 aliphatic carbocycles. The lowest BCUT2D eigenvalue weighted by Gasteiger charge is -2.36. The Morgan fingerprint density at radius 2 is 0.821 bits per heavy atom. The number of fused-ring (bicyclic) bond motifs is 4. The summed E-state index contributed by atoms with van der Waals surface area (Å²) in [5, 5.41) is 61.0. The summed E-state index contributed by atoms with van der Waals surface area (Å²) in [6.45, 7) is 14.8. The molecule has 0 radical (unpaired) electrons. The number of imidazole rings is 4. The van der Waals surface area contributed by atoms with E-state index in [4.69, 9.17) is 111 Å². The molecule has 36 heteroatoms. The first-order chi connectivity index (χ1) is 51.0. The fourth-order valence-electron chi connectivity index (χ4n) is 11.2. The number of rotatable bonds is 9. The molecule has 6 aromatic carbocycles. The monoisotopic (exact) mass is 1570 g/mol. The summed E-state index contributed by atoms with van der Waals surface area (Å²) in [6.07, 6.45) is 6.44. The zero-order valence-corrected chi connectivity index (χ0v) is 62.6. The Hall–Kier alpha value is -10.3. The van der Waals surface area contributed by atoms with Crippen molar-refractivity contribution in [1.29, 1.82) is 0 Å². The van der Waals surface area contributed by atoms with Crippen LogP contribution in [0.3, 0.4) is 0 Å². The molecule has 0 amide bonds. The minimum Gasteiger partial charge on any atom is -0.508 e. The summed E-state index contributed by atoms with van der Waals surface area (Å²) in [4.78, 5) is 60.5. The molecule has 106 heavy (non-hydrogen) atoms. The van der Waals surface area contributed by atoms with E-state index in [1.807, 2.05) is 63.2 Å². The highest BCUT2D eigenvalue weighted by Gasteiger charge is 2.24. The molecule has 2 saturated heterocycles. The standard InChI is InChI=1S/C22H21ClN6O2.C13H10Cl2N4O.C12H8Cl2N4O.C10H14N2O.C7H8BClO3.C6H5ClN4/c1-14-20-21(29(13-24-20)17-3-2-4-18(31)19(17)23)26-22(25-14)28-11-9-27(10-12-28)15-5-7-16(30)8-6-15;1-7-11-12(18-13(15)17-7)19(6-16-11)8-4-3-5-9(20-2)10(8)14;1-6-10-11(17-12(14)16-6)18(5-15-10)7-3-2-4-8(19)9(7)13;13-10-3-1-9(2-4-10)12-7-5-11-6-8-12;1-12-6-4-2-3-5(7(6)9)8(10)11;1-3-4-5(9-2-8-4)11-6(7)10-3/h2-8,13,30-31H,9-12H2,1H3;3-6H,1-2H3;2-5,19H,1H3;1-4,11,13H,5-8H2;2-4,10-11H,1H3;2H,1H3,(H,8,9,10,11). The highest BCUT2D eigenvalue weighted by Crippen LogP contribution is 2.36. The van der Waals surface area contributed by atoms with E-state index in [9.17, 15) is 15.3 Å². The Balaban J connectivity index is 0.000000132. The first kappa shape index (κ1) is 76.8. The summed E-state index contributed by atoms with van der Waals surface area (Å²) in [7, 11) is 1.47. The summed E-state index contributed by atoms with van der Waals surface area (Å²) in [5.74, 6) is 2.27. The molecular weight excluding hydrogens is 1510 g/mol. The average Bonchev–Trinajstić information content (AvgIpc) is 1.62. The second-order valence-electron chi connectivity index (χ2n) is 23.3. The van der Waals surface area contributed by atoms with Crippen LogP contribution in [0.2, 0.25) is 35.9 Å². The van der Waals surface area contributed by atoms with Crippen LogP contribution in [0.5, 0.6) is 34.5 Å². The molecule has 2 aliphatic rings. The number of nitrogens with zero attached hydrogens (tertiary/aromatic N) is 18. The van der Waals surface area contributed by atoms with Gasteiger partial charge in [0.15, 0.2) is 22.6 Å². The number of piperazine rings is 2. The fraction of sp³-hybridized carbons (Fsp3) is 0.200. The Bertz CT molecular complexity index is 5400. The van der Waals surface area contributed by atoms with Crippen molar-refractivity contribution in [2.24, 2.45) is 0 Å². The SMILES string of the molecule is COc1cccc(-n2cnc3c(C)nc(Cl)nc32)c1Cl.COc1cccc(B(O)O)c1Cl.Cc1nc(Cl)nc2c1ncn2-c1cccc(O)c1Cl.Cc1nc(Cl)nc2nc[nH]c12.Cc1nc(N2CCN(c3ccc(O)cc3)CC2)nc2c1ncn2-c1cccc(O)c1Cl.Oc1ccc(N2CCNCC2)cc1. The molecule has 8 aromatic heterocycles. The van der Waals surface area contributed by atoms with Crippen LogP contribution in [0, 0.1) is 27.7 Å². The molecular formula is C70H66BCl7N20O8. The van der Waals surface area contributed by atoms with Gasteiger partial charge in [0.2, 0.25) is 21.8 Å². The van der Waals surface area contributed by atoms with Gasteiger partial charge in [-0.1, -0.05) is 76.7 Å². The molecule has 0 unspecified atom stereocenters. The van der Waals surface area contributed by atoms with Gasteiger partial charge in [-0.05, 0) is 153 Å². The Morgan fingerprint density at radius 1 is 0.415 bits per heavy atom. The zero-order chi connectivity index (χ0) is 75.5. The molecule has 8 N–H and O–H groups in total. The Labute approximate surface area is 641 Å². The lowest BCUT2D eigenvalue weighted by Crippen LogP contribution is -2.47. The van der Waals surface area contributed by atoms with Gasteiger partial charge in [0.25, 0.3) is 0 Å². The number of hydrogen-bond acceptors (Lipinski definition) is 24. The molecule has 14 aromatic rings. The van der Waals surface area contributed by atoms with Gasteiger partial charge in [-0.15, -0.1) is 0 Å². The highest BCUT2D eigenvalue weighted by molar-refractivity contribution is 6.63. The van der Waals surface area contributed by atoms with E-state index in [2.05, 4.69) is 79.8 Å². The van der Waals surface area contributed by atoms with Crippen LogP contribution in [0.15, 0.2) is 147 Å². The molecule has 0 spiro atoms. The fourth-order valence-corrected chi connectivity index (χ4v) is 12.8. The van der Waals surface area contributed by atoms with Crippen LogP contribution < -0.4 is 35.0 Å². The van der Waals surface area contributed by atoms with Crippen LogP contribution in [-0.2, 0) is 0 Å². The van der Waals surface area contributed by atoms with Crippen molar-refractivity contribution < 1.29 is 39.9 Å². The second-order valence-corrected chi connectivity index (χ2v) is 25.8. The number of phenolic OH excluding ortho intramolecular Hbond substituents is 4. The van der Waals surface area contributed by atoms with Gasteiger partial charge in [0.05, 0.1) is 65.4 Å². The van der Waals surface area contributed by atoms with Crippen LogP contribution in [0.4, 0.5) is 17.3 Å². The number of aromatic hydroxyl groups is 4. The molecule has 0 saturated carbocycles. The maximum absolute atomic E-state index is 9.99. The van der Waals surface area contributed by atoms with E-state index in [-0.39, 0.29) is 53.6 Å². The summed E-state index contributed by atoms with van der Waals surface area (Å²) < 4.78 is 15.3. The van der Waals surface area contributed by atoms with Crippen LogP contribution in [0.25, 0.3) is 61.7 Å². The molecule has 0 bridgehead atoms. The van der Waals surface area contributed by atoms with E-state index >= 15 is 0 Å². The first-order valence-electron chi connectivity index (χ1n) is 32.3. The number of H-pyrrole nitrogens is 1. The lowest BCUT2D eigenvalue weighted by molar-refractivity contribution is 0.412. The van der Waals surface area contributed by atoms with Crippen molar-refractivity contribution in [2.75, 3.05) is 81.3 Å². The number of aromatic nitrogens is 16. The number of ether oxygens (including phenoxy) is 2. The smallest absolute Gasteiger partial charge is 0.490 e. The minimum atomic E-state index is -1.56. The third kappa shape index (κ3) is 17.8. The van der Waals surface area contributed by atoms with Gasteiger partial charge in [-0.25, -0.2) is 39.9 Å². The zero-order valence-electron chi connectivity index (χ0n) is 57.3. The van der Waals surface area contributed by atoms with Crippen LogP contribution >= 0.6 is 81.2 Å². The molecule has 2 aliphatic heterocycles. The quantitative estimate of drug-likeness (QED) is 0.0491. The number of phenols is 4. The van der Waals surface area contributed by atoms with Gasteiger partial charge in [-0.3, -0.25) is 13.7 Å². The number of aromatic amines is 1. The van der Waals surface area contributed by atoms with Crippen LogP contribution in [0.1, 0.15) is 22.8 Å². The van der Waals surface area contributed by atoms with Crippen molar-refractivity contribution in [3.63, 3.8) is 0 Å². The van der Waals surface area contributed by atoms with E-state index in [0.29, 0.717) is 84.4 Å². The first-order valence-corrected chi connectivity index (χ1v) is 34.9. The number of anilines is 3. The number of benzene rings is 6. The van der Waals surface area contributed by atoms with Crippen molar-refractivity contribution in [1.82, 2.24) is 83.8 Å². The van der Waals surface area contributed by atoms with E-state index in [1.165, 1.54) is 24.9 Å². The molecule has 0 atom stereocenters. The van der Waals surface area contributed by atoms with Crippen molar-refractivity contribution in [3.8, 4) is 51.6 Å². The van der Waals surface area contributed by atoms with Crippen molar-refractivity contribution >= 4 is 156 Å².